The standard InChI is InChI=1S/C12H10BrFN2O3/c1-2-7-10(17)15-12(19)16(11(7)18)6-3-4-9(14)8(13)5-6/h3-5,7H,2H2,1H3,(H,15,17,19). The summed E-state index contributed by atoms with van der Waals surface area (Å²) in [5.41, 5.74) is 0.210. The molecule has 0 spiro atoms. The van der Waals surface area contributed by atoms with Crippen molar-refractivity contribution in [2.24, 2.45) is 5.92 Å². The maximum Gasteiger partial charge on any atom is 0.335 e. The van der Waals surface area contributed by atoms with Gasteiger partial charge in [-0.25, -0.2) is 14.1 Å². The van der Waals surface area contributed by atoms with Gasteiger partial charge in [0.2, 0.25) is 11.8 Å². The van der Waals surface area contributed by atoms with Crippen molar-refractivity contribution < 1.29 is 18.8 Å². The quantitative estimate of drug-likeness (QED) is 0.846. The Kier molecular flexibility index (Phi) is 3.66. The summed E-state index contributed by atoms with van der Waals surface area (Å²) >= 11 is 2.98. The van der Waals surface area contributed by atoms with E-state index in [1.54, 1.807) is 6.92 Å². The van der Waals surface area contributed by atoms with Crippen molar-refractivity contribution in [2.45, 2.75) is 13.3 Å². The number of urea groups is 1. The van der Waals surface area contributed by atoms with Gasteiger partial charge in [-0.3, -0.25) is 14.9 Å². The number of rotatable bonds is 2. The molecular formula is C12H10BrFN2O3. The van der Waals surface area contributed by atoms with Crippen LogP contribution in [0.15, 0.2) is 22.7 Å². The number of hydrogen-bond donors (Lipinski definition) is 1. The Morgan fingerprint density at radius 3 is 2.63 bits per heavy atom. The van der Waals surface area contributed by atoms with Crippen LogP contribution in [0.25, 0.3) is 0 Å². The highest BCUT2D eigenvalue weighted by Crippen LogP contribution is 2.26. The lowest BCUT2D eigenvalue weighted by Gasteiger charge is -2.29. The molecule has 4 amide bonds. The fraction of sp³-hybridized carbons (Fsp3) is 0.250. The zero-order chi connectivity index (χ0) is 14.2. The van der Waals surface area contributed by atoms with Crippen molar-refractivity contribution in [1.29, 1.82) is 0 Å². The summed E-state index contributed by atoms with van der Waals surface area (Å²) in [5, 5.41) is 2.11. The van der Waals surface area contributed by atoms with Crippen molar-refractivity contribution in [2.75, 3.05) is 4.90 Å². The lowest BCUT2D eigenvalue weighted by molar-refractivity contribution is -0.134. The third kappa shape index (κ3) is 2.37. The van der Waals surface area contributed by atoms with Gasteiger partial charge in [0.15, 0.2) is 0 Å². The molecule has 1 aromatic rings. The SMILES string of the molecule is CCC1C(=O)NC(=O)N(c2ccc(F)c(Br)c2)C1=O. The Morgan fingerprint density at radius 1 is 1.37 bits per heavy atom. The van der Waals surface area contributed by atoms with E-state index < -0.39 is 29.6 Å². The number of anilines is 1. The molecule has 0 saturated carbocycles. The Morgan fingerprint density at radius 2 is 2.05 bits per heavy atom. The maximum atomic E-state index is 13.2. The number of nitrogens with zero attached hydrogens (tertiary/aromatic N) is 1. The van der Waals surface area contributed by atoms with E-state index in [9.17, 15) is 18.8 Å². The molecule has 1 saturated heterocycles. The van der Waals surface area contributed by atoms with E-state index in [1.165, 1.54) is 12.1 Å². The van der Waals surface area contributed by atoms with E-state index in [1.807, 2.05) is 0 Å². The molecule has 0 radical (unpaired) electrons. The maximum absolute atomic E-state index is 13.2. The molecule has 1 aliphatic heterocycles. The molecule has 1 fully saturated rings. The van der Waals surface area contributed by atoms with Gasteiger partial charge in [-0.15, -0.1) is 0 Å². The molecule has 7 heteroatoms. The number of benzene rings is 1. The van der Waals surface area contributed by atoms with Gasteiger partial charge in [-0.05, 0) is 40.5 Å². The number of halogens is 2. The third-order valence-electron chi connectivity index (χ3n) is 2.84. The predicted molar refractivity (Wildman–Crippen MR) is 68.9 cm³/mol. The molecule has 5 nitrogen and oxygen atoms in total. The fourth-order valence-corrected chi connectivity index (χ4v) is 2.21. The average molecular weight is 329 g/mol. The van der Waals surface area contributed by atoms with Crippen molar-refractivity contribution in [3.8, 4) is 0 Å². The molecule has 100 valence electrons. The second kappa shape index (κ2) is 5.08. The molecule has 1 heterocycles. The largest absolute Gasteiger partial charge is 0.335 e. The lowest BCUT2D eigenvalue weighted by atomic mass is 10.0. The second-order valence-electron chi connectivity index (χ2n) is 4.03. The number of barbiturate groups is 1. The molecule has 1 aliphatic rings. The minimum Gasteiger partial charge on any atom is -0.277 e. The van der Waals surface area contributed by atoms with Crippen molar-refractivity contribution in [3.63, 3.8) is 0 Å². The Balaban J connectivity index is 2.42. The smallest absolute Gasteiger partial charge is 0.277 e. The number of hydrogen-bond acceptors (Lipinski definition) is 3. The molecule has 0 aliphatic carbocycles. The van der Waals surface area contributed by atoms with Gasteiger partial charge in [0.1, 0.15) is 11.7 Å². The van der Waals surface area contributed by atoms with Crippen molar-refractivity contribution >= 4 is 39.5 Å². The van der Waals surface area contributed by atoms with Crippen LogP contribution in [-0.4, -0.2) is 17.8 Å². The van der Waals surface area contributed by atoms with Crippen LogP contribution < -0.4 is 10.2 Å². The summed E-state index contributed by atoms with van der Waals surface area (Å²) in [6.07, 6.45) is 0.289. The van der Waals surface area contributed by atoms with Crippen LogP contribution in [0.1, 0.15) is 13.3 Å². The van der Waals surface area contributed by atoms with E-state index in [0.717, 1.165) is 11.0 Å². The first kappa shape index (κ1) is 13.7. The molecule has 1 N–H and O–H groups in total. The second-order valence-corrected chi connectivity index (χ2v) is 4.88. The summed E-state index contributed by atoms with van der Waals surface area (Å²) in [4.78, 5) is 36.2. The molecule has 0 bridgehead atoms. The van der Waals surface area contributed by atoms with E-state index in [0.29, 0.717) is 0 Å². The zero-order valence-corrected chi connectivity index (χ0v) is 11.5. The van der Waals surface area contributed by atoms with Crippen LogP contribution in [0.4, 0.5) is 14.9 Å². The van der Waals surface area contributed by atoms with Gasteiger partial charge >= 0.3 is 6.03 Å². The summed E-state index contributed by atoms with van der Waals surface area (Å²) in [6, 6.07) is 2.94. The Bertz CT molecular complexity index is 576. The van der Waals surface area contributed by atoms with Crippen molar-refractivity contribution in [3.05, 3.63) is 28.5 Å². The monoisotopic (exact) mass is 328 g/mol. The van der Waals surface area contributed by atoms with E-state index in [-0.39, 0.29) is 16.6 Å². The fourth-order valence-electron chi connectivity index (χ4n) is 1.85. The molecule has 19 heavy (non-hydrogen) atoms. The van der Waals surface area contributed by atoms with Gasteiger partial charge in [0.25, 0.3) is 0 Å². The molecule has 1 unspecified atom stereocenters. The number of imide groups is 2. The normalized spacial score (nSPS) is 19.6. The number of nitrogens with one attached hydrogen (secondary N) is 1. The minimum atomic E-state index is -0.901. The van der Waals surface area contributed by atoms with Crippen molar-refractivity contribution in [1.82, 2.24) is 5.32 Å². The van der Waals surface area contributed by atoms with Crippen LogP contribution in [0.5, 0.6) is 0 Å². The highest BCUT2D eigenvalue weighted by atomic mass is 79.9. The van der Waals surface area contributed by atoms with Gasteiger partial charge in [-0.1, -0.05) is 6.92 Å². The number of carbonyl (C=O) groups excluding carboxylic acids is 3. The summed E-state index contributed by atoms with van der Waals surface area (Å²) < 4.78 is 13.3. The molecule has 2 rings (SSSR count). The molecule has 0 aromatic heterocycles. The predicted octanol–water partition coefficient (Wildman–Crippen LogP) is 2.20. The lowest BCUT2D eigenvalue weighted by Crippen LogP contribution is -2.58. The first-order chi connectivity index (χ1) is 8.95. The molecular weight excluding hydrogens is 319 g/mol. The summed E-state index contributed by atoms with van der Waals surface area (Å²) in [6.45, 7) is 1.68. The van der Waals surface area contributed by atoms with Crippen LogP contribution in [0.2, 0.25) is 0 Å². The molecule has 1 aromatic carbocycles. The highest BCUT2D eigenvalue weighted by molar-refractivity contribution is 9.10. The van der Waals surface area contributed by atoms with Crippen LogP contribution >= 0.6 is 15.9 Å². The Labute approximate surface area is 116 Å². The van der Waals surface area contributed by atoms with Gasteiger partial charge < -0.3 is 0 Å². The van der Waals surface area contributed by atoms with Crippen LogP contribution in [0.3, 0.4) is 0 Å². The highest BCUT2D eigenvalue weighted by Gasteiger charge is 2.40. The first-order valence-corrected chi connectivity index (χ1v) is 6.38. The Hall–Kier alpha value is -1.76. The summed E-state index contributed by atoms with van der Waals surface area (Å²) in [7, 11) is 0. The minimum absolute atomic E-state index is 0.135. The number of amides is 4. The van der Waals surface area contributed by atoms with Crippen LogP contribution in [-0.2, 0) is 9.59 Å². The van der Waals surface area contributed by atoms with Gasteiger partial charge in [-0.2, -0.15) is 0 Å². The van der Waals surface area contributed by atoms with E-state index in [2.05, 4.69) is 21.2 Å². The first-order valence-electron chi connectivity index (χ1n) is 5.59. The third-order valence-corrected chi connectivity index (χ3v) is 3.45. The average Bonchev–Trinajstić information content (AvgIpc) is 2.33. The van der Waals surface area contributed by atoms with Gasteiger partial charge in [0.05, 0.1) is 10.2 Å². The topological polar surface area (TPSA) is 66.5 Å². The zero-order valence-electron chi connectivity index (χ0n) is 9.94. The number of carbonyl (C=O) groups is 3. The van der Waals surface area contributed by atoms with E-state index >= 15 is 0 Å². The molecule has 1 atom stereocenters. The summed E-state index contributed by atoms with van der Waals surface area (Å²) in [5.74, 6) is -2.61. The van der Waals surface area contributed by atoms with Gasteiger partial charge in [0, 0.05) is 0 Å². The van der Waals surface area contributed by atoms with Crippen LogP contribution in [0, 0.1) is 11.7 Å². The van der Waals surface area contributed by atoms with E-state index in [4.69, 9.17) is 0 Å².